The molecule has 1 N–H and O–H groups in total. The monoisotopic (exact) mass is 458 g/mol. The third kappa shape index (κ3) is 5.74. The van der Waals surface area contributed by atoms with Crippen molar-refractivity contribution in [2.75, 3.05) is 5.32 Å². The van der Waals surface area contributed by atoms with Crippen LogP contribution in [0.5, 0.6) is 0 Å². The molecule has 4 aromatic rings. The maximum Gasteiger partial charge on any atom is 0.226 e. The van der Waals surface area contributed by atoms with Crippen LogP contribution in [-0.2, 0) is 17.0 Å². The Morgan fingerprint density at radius 2 is 1.90 bits per heavy atom. The zero-order valence-corrected chi connectivity index (χ0v) is 17.7. The number of nitrogens with one attached hydrogen (secondary N) is 1. The molecule has 31 heavy (non-hydrogen) atoms. The number of hydrogen-bond donors (Lipinski definition) is 1. The van der Waals surface area contributed by atoms with Gasteiger partial charge in [0.1, 0.15) is 11.6 Å². The maximum absolute atomic E-state index is 13.8. The molecule has 0 saturated carbocycles. The predicted molar refractivity (Wildman–Crippen MR) is 115 cm³/mol. The standard InChI is InChI=1S/C21H16F2N4O2S2/c22-14-7-5-13(6-8-14)12-30-21-27-26-20(31-21)25-18(28)9-10-19-24-11-17(29-19)15-3-1-2-4-16(15)23/h1-8,11H,9-10,12H2,(H,25,26,28). The lowest BCUT2D eigenvalue weighted by molar-refractivity contribution is -0.116. The molecule has 158 valence electrons. The molecule has 0 aliphatic rings. The van der Waals surface area contributed by atoms with E-state index in [9.17, 15) is 13.6 Å². The lowest BCUT2D eigenvalue weighted by atomic mass is 10.2. The molecule has 1 amide bonds. The molecule has 0 aliphatic heterocycles. The van der Waals surface area contributed by atoms with Gasteiger partial charge in [0.05, 0.1) is 11.8 Å². The molecular formula is C21H16F2N4O2S2. The number of amides is 1. The zero-order chi connectivity index (χ0) is 21.6. The van der Waals surface area contributed by atoms with Crippen LogP contribution in [0.4, 0.5) is 13.9 Å². The minimum Gasteiger partial charge on any atom is -0.441 e. The molecule has 0 bridgehead atoms. The molecule has 0 atom stereocenters. The number of oxazole rings is 1. The minimum atomic E-state index is -0.396. The van der Waals surface area contributed by atoms with E-state index in [4.69, 9.17) is 4.42 Å². The number of hydrogen-bond acceptors (Lipinski definition) is 7. The van der Waals surface area contributed by atoms with E-state index in [0.29, 0.717) is 32.4 Å². The first-order valence-electron chi connectivity index (χ1n) is 9.27. The van der Waals surface area contributed by atoms with Crippen LogP contribution in [0.1, 0.15) is 17.9 Å². The number of anilines is 1. The predicted octanol–water partition coefficient (Wildman–Crippen LogP) is 5.33. The Morgan fingerprint density at radius 3 is 2.71 bits per heavy atom. The van der Waals surface area contributed by atoms with Gasteiger partial charge in [-0.2, -0.15) is 0 Å². The van der Waals surface area contributed by atoms with Crippen LogP contribution in [0.2, 0.25) is 0 Å². The first-order chi connectivity index (χ1) is 15.1. The Hall–Kier alpha value is -3.11. The molecule has 6 nitrogen and oxygen atoms in total. The van der Waals surface area contributed by atoms with Gasteiger partial charge in [-0.15, -0.1) is 10.2 Å². The summed E-state index contributed by atoms with van der Waals surface area (Å²) in [6, 6.07) is 12.5. The average Bonchev–Trinajstić information content (AvgIpc) is 3.42. The number of nitrogens with zero attached hydrogens (tertiary/aromatic N) is 3. The van der Waals surface area contributed by atoms with Crippen LogP contribution >= 0.6 is 23.1 Å². The molecule has 0 unspecified atom stereocenters. The Bertz CT molecular complexity index is 1180. The lowest BCUT2D eigenvalue weighted by Crippen LogP contribution is -2.12. The van der Waals surface area contributed by atoms with Gasteiger partial charge in [-0.3, -0.25) is 4.79 Å². The van der Waals surface area contributed by atoms with E-state index in [1.54, 1.807) is 30.3 Å². The number of halogens is 2. The summed E-state index contributed by atoms with van der Waals surface area (Å²) in [6.45, 7) is 0. The summed E-state index contributed by atoms with van der Waals surface area (Å²) in [5, 5.41) is 11.1. The Labute approximate surface area is 184 Å². The van der Waals surface area contributed by atoms with E-state index in [1.807, 2.05) is 0 Å². The highest BCUT2D eigenvalue weighted by Crippen LogP contribution is 2.28. The molecule has 2 aromatic heterocycles. The van der Waals surface area contributed by atoms with Crippen molar-refractivity contribution >= 4 is 34.1 Å². The number of rotatable bonds is 8. The van der Waals surface area contributed by atoms with Gasteiger partial charge < -0.3 is 9.73 Å². The summed E-state index contributed by atoms with van der Waals surface area (Å²) in [6.07, 6.45) is 1.85. The van der Waals surface area contributed by atoms with Crippen LogP contribution < -0.4 is 5.32 Å². The topological polar surface area (TPSA) is 80.9 Å². The van der Waals surface area contributed by atoms with Crippen molar-refractivity contribution in [2.45, 2.75) is 22.9 Å². The summed E-state index contributed by atoms with van der Waals surface area (Å²) in [5.41, 5.74) is 1.29. The molecule has 2 aromatic carbocycles. The maximum atomic E-state index is 13.8. The number of aromatic nitrogens is 3. The first kappa shape index (κ1) is 21.1. The van der Waals surface area contributed by atoms with Crippen molar-refractivity contribution < 1.29 is 18.0 Å². The summed E-state index contributed by atoms with van der Waals surface area (Å²) in [4.78, 5) is 16.3. The molecule has 0 saturated heterocycles. The van der Waals surface area contributed by atoms with Crippen molar-refractivity contribution in [3.05, 3.63) is 77.8 Å². The van der Waals surface area contributed by atoms with Crippen molar-refractivity contribution in [3.63, 3.8) is 0 Å². The second-order valence-electron chi connectivity index (χ2n) is 6.43. The Morgan fingerprint density at radius 1 is 1.10 bits per heavy atom. The molecule has 0 aliphatic carbocycles. The Kier molecular flexibility index (Phi) is 6.68. The van der Waals surface area contributed by atoms with Crippen molar-refractivity contribution in [1.29, 1.82) is 0 Å². The highest BCUT2D eigenvalue weighted by molar-refractivity contribution is 8.00. The van der Waals surface area contributed by atoms with Gasteiger partial charge >= 0.3 is 0 Å². The molecule has 2 heterocycles. The van der Waals surface area contributed by atoms with Gasteiger partial charge in [0, 0.05) is 18.6 Å². The van der Waals surface area contributed by atoms with E-state index in [1.165, 1.54) is 47.5 Å². The van der Waals surface area contributed by atoms with E-state index in [0.717, 1.165) is 5.56 Å². The summed E-state index contributed by atoms with van der Waals surface area (Å²) < 4.78 is 33.0. The molecule has 0 fully saturated rings. The largest absolute Gasteiger partial charge is 0.441 e. The quantitative estimate of drug-likeness (QED) is 0.284. The SMILES string of the molecule is O=C(CCc1ncc(-c2ccccc2F)o1)Nc1nnc(SCc2ccc(F)cc2)s1. The fourth-order valence-corrected chi connectivity index (χ4v) is 4.38. The normalized spacial score (nSPS) is 10.9. The van der Waals surface area contributed by atoms with Crippen LogP contribution in [0.3, 0.4) is 0 Å². The zero-order valence-electron chi connectivity index (χ0n) is 16.0. The fraction of sp³-hybridized carbons (Fsp3) is 0.143. The van der Waals surface area contributed by atoms with E-state index in [-0.39, 0.29) is 24.6 Å². The summed E-state index contributed by atoms with van der Waals surface area (Å²) >= 11 is 2.72. The van der Waals surface area contributed by atoms with Gasteiger partial charge in [0.15, 0.2) is 16.0 Å². The third-order valence-electron chi connectivity index (χ3n) is 4.19. The van der Waals surface area contributed by atoms with Gasteiger partial charge in [-0.05, 0) is 29.8 Å². The van der Waals surface area contributed by atoms with Gasteiger partial charge in [0.2, 0.25) is 11.0 Å². The first-order valence-corrected chi connectivity index (χ1v) is 11.1. The second kappa shape index (κ2) is 9.80. The number of aryl methyl sites for hydroxylation is 1. The fourth-order valence-electron chi connectivity index (χ4n) is 2.66. The number of thioether (sulfide) groups is 1. The highest BCUT2D eigenvalue weighted by atomic mass is 32.2. The van der Waals surface area contributed by atoms with Crippen LogP contribution in [0.15, 0.2) is 63.5 Å². The van der Waals surface area contributed by atoms with Crippen molar-refractivity contribution in [3.8, 4) is 11.3 Å². The minimum absolute atomic E-state index is 0.134. The lowest BCUT2D eigenvalue weighted by Gasteiger charge is -2.00. The molecule has 4 rings (SSSR count). The molecular weight excluding hydrogens is 442 g/mol. The van der Waals surface area contributed by atoms with E-state index < -0.39 is 5.82 Å². The molecule has 0 radical (unpaired) electrons. The van der Waals surface area contributed by atoms with Gasteiger partial charge in [0.25, 0.3) is 0 Å². The van der Waals surface area contributed by atoms with Gasteiger partial charge in [-0.1, -0.05) is 47.4 Å². The average molecular weight is 459 g/mol. The molecule has 0 spiro atoms. The number of carbonyl (C=O) groups is 1. The highest BCUT2D eigenvalue weighted by Gasteiger charge is 2.13. The number of benzene rings is 2. The second-order valence-corrected chi connectivity index (χ2v) is 8.63. The smallest absolute Gasteiger partial charge is 0.226 e. The van der Waals surface area contributed by atoms with E-state index in [2.05, 4.69) is 20.5 Å². The van der Waals surface area contributed by atoms with Crippen LogP contribution in [0.25, 0.3) is 11.3 Å². The summed E-state index contributed by atoms with van der Waals surface area (Å²) in [7, 11) is 0. The van der Waals surface area contributed by atoms with Crippen LogP contribution in [0, 0.1) is 11.6 Å². The van der Waals surface area contributed by atoms with Gasteiger partial charge in [-0.25, -0.2) is 13.8 Å². The van der Waals surface area contributed by atoms with E-state index >= 15 is 0 Å². The third-order valence-corrected chi connectivity index (χ3v) is 6.23. The van der Waals surface area contributed by atoms with Crippen LogP contribution in [-0.4, -0.2) is 21.1 Å². The molecule has 10 heteroatoms. The summed E-state index contributed by atoms with van der Waals surface area (Å²) in [5.74, 6) is 0.367. The van der Waals surface area contributed by atoms with Crippen molar-refractivity contribution in [1.82, 2.24) is 15.2 Å². The van der Waals surface area contributed by atoms with Crippen molar-refractivity contribution in [2.24, 2.45) is 0 Å². The number of carbonyl (C=O) groups excluding carboxylic acids is 1. The Balaban J connectivity index is 1.26.